The van der Waals surface area contributed by atoms with Crippen molar-refractivity contribution in [3.05, 3.63) is 70.5 Å². The first-order valence-corrected chi connectivity index (χ1v) is 11.1. The predicted molar refractivity (Wildman–Crippen MR) is 123 cm³/mol. The van der Waals surface area contributed by atoms with Gasteiger partial charge in [0.2, 0.25) is 5.91 Å². The van der Waals surface area contributed by atoms with Crippen molar-refractivity contribution >= 4 is 29.3 Å². The zero-order chi connectivity index (χ0) is 22.4. The van der Waals surface area contributed by atoms with Crippen molar-refractivity contribution in [1.82, 2.24) is 20.1 Å². The third-order valence-electron chi connectivity index (χ3n) is 4.89. The molecule has 0 atom stereocenters. The van der Waals surface area contributed by atoms with Crippen LogP contribution in [0.15, 0.2) is 47.6 Å². The Balaban J connectivity index is 1.58. The molecule has 1 aromatic heterocycles. The fourth-order valence-corrected chi connectivity index (χ4v) is 4.05. The molecule has 0 fully saturated rings. The number of anilines is 1. The molecule has 2 amide bonds. The van der Waals surface area contributed by atoms with Crippen LogP contribution in [0.4, 0.5) is 5.69 Å². The zero-order valence-corrected chi connectivity index (χ0v) is 19.0. The number of aryl methyl sites for hydroxylation is 3. The van der Waals surface area contributed by atoms with Crippen LogP contribution in [0.1, 0.15) is 39.8 Å². The summed E-state index contributed by atoms with van der Waals surface area (Å²) in [5.74, 6) is 0.630. The van der Waals surface area contributed by atoms with E-state index >= 15 is 0 Å². The van der Waals surface area contributed by atoms with Crippen molar-refractivity contribution in [2.45, 2.75) is 45.9 Å². The standard InChI is InChI=1S/C23H27N5O2S/c1-5-28-20(13-24-22(30)18-9-7-6-8-16(18)3)26-27-23(28)31-14-21(29)25-19-11-10-15(2)12-17(19)4/h6-12H,5,13-14H2,1-4H3,(H,24,30)(H,25,29). The highest BCUT2D eigenvalue weighted by molar-refractivity contribution is 7.99. The third kappa shape index (κ3) is 5.73. The van der Waals surface area contributed by atoms with Crippen LogP contribution in [0.3, 0.4) is 0 Å². The monoisotopic (exact) mass is 437 g/mol. The summed E-state index contributed by atoms with van der Waals surface area (Å²) in [6, 6.07) is 13.4. The number of rotatable bonds is 8. The lowest BCUT2D eigenvalue weighted by atomic mass is 10.1. The lowest BCUT2D eigenvalue weighted by molar-refractivity contribution is -0.113. The summed E-state index contributed by atoms with van der Waals surface area (Å²) in [5.41, 5.74) is 4.56. The van der Waals surface area contributed by atoms with Crippen molar-refractivity contribution in [3.8, 4) is 0 Å². The Labute approximate surface area is 186 Å². The molecular formula is C23H27N5O2S. The maximum Gasteiger partial charge on any atom is 0.251 e. The zero-order valence-electron chi connectivity index (χ0n) is 18.2. The number of amides is 2. The van der Waals surface area contributed by atoms with Crippen molar-refractivity contribution in [2.24, 2.45) is 0 Å². The first-order chi connectivity index (χ1) is 14.9. The Morgan fingerprint density at radius 2 is 1.81 bits per heavy atom. The van der Waals surface area contributed by atoms with Gasteiger partial charge in [-0.25, -0.2) is 0 Å². The number of aromatic nitrogens is 3. The molecule has 0 radical (unpaired) electrons. The summed E-state index contributed by atoms with van der Waals surface area (Å²) < 4.78 is 1.91. The van der Waals surface area contributed by atoms with Gasteiger partial charge in [-0.05, 0) is 51.0 Å². The Morgan fingerprint density at radius 3 is 2.52 bits per heavy atom. The fraction of sp³-hybridized carbons (Fsp3) is 0.304. The Kier molecular flexibility index (Phi) is 7.46. The number of nitrogens with one attached hydrogen (secondary N) is 2. The number of carbonyl (C=O) groups is 2. The van der Waals surface area contributed by atoms with Gasteiger partial charge in [-0.15, -0.1) is 10.2 Å². The number of hydrogen-bond donors (Lipinski definition) is 2. The van der Waals surface area contributed by atoms with Crippen molar-refractivity contribution in [2.75, 3.05) is 11.1 Å². The summed E-state index contributed by atoms with van der Waals surface area (Å²) in [7, 11) is 0. The van der Waals surface area contributed by atoms with Crippen molar-refractivity contribution < 1.29 is 9.59 Å². The topological polar surface area (TPSA) is 88.9 Å². The van der Waals surface area contributed by atoms with Gasteiger partial charge in [0.1, 0.15) is 0 Å². The van der Waals surface area contributed by atoms with Gasteiger partial charge in [0.25, 0.3) is 5.91 Å². The normalized spacial score (nSPS) is 10.7. The molecule has 0 aliphatic rings. The molecule has 0 aliphatic heterocycles. The van der Waals surface area contributed by atoms with Crippen LogP contribution in [0.2, 0.25) is 0 Å². The van der Waals surface area contributed by atoms with E-state index in [2.05, 4.69) is 20.8 Å². The summed E-state index contributed by atoms with van der Waals surface area (Å²) in [6.45, 7) is 8.79. The lowest BCUT2D eigenvalue weighted by Crippen LogP contribution is -2.25. The van der Waals surface area contributed by atoms with E-state index in [-0.39, 0.29) is 24.1 Å². The molecule has 0 saturated heterocycles. The van der Waals surface area contributed by atoms with Gasteiger partial charge in [0.05, 0.1) is 12.3 Å². The van der Waals surface area contributed by atoms with Gasteiger partial charge >= 0.3 is 0 Å². The minimum absolute atomic E-state index is 0.1000. The molecule has 3 aromatic rings. The smallest absolute Gasteiger partial charge is 0.251 e. The Bertz CT molecular complexity index is 1090. The average molecular weight is 438 g/mol. The maximum absolute atomic E-state index is 12.5. The van der Waals surface area contributed by atoms with Gasteiger partial charge < -0.3 is 15.2 Å². The molecule has 0 spiro atoms. The molecule has 0 unspecified atom stereocenters. The van der Waals surface area contributed by atoms with Gasteiger partial charge in [-0.3, -0.25) is 9.59 Å². The molecule has 7 nitrogen and oxygen atoms in total. The number of carbonyl (C=O) groups excluding carboxylic acids is 2. The summed E-state index contributed by atoms with van der Waals surface area (Å²) in [6.07, 6.45) is 0. The molecule has 0 aliphatic carbocycles. The van der Waals surface area contributed by atoms with Crippen LogP contribution in [-0.2, 0) is 17.9 Å². The number of benzene rings is 2. The molecule has 8 heteroatoms. The van der Waals surface area contributed by atoms with Crippen LogP contribution >= 0.6 is 11.8 Å². The number of nitrogens with zero attached hydrogens (tertiary/aromatic N) is 3. The second-order valence-electron chi connectivity index (χ2n) is 7.30. The fourth-order valence-electron chi connectivity index (χ4n) is 3.23. The number of hydrogen-bond acceptors (Lipinski definition) is 5. The molecule has 162 valence electrons. The number of thioether (sulfide) groups is 1. The van der Waals surface area contributed by atoms with Crippen LogP contribution in [0.25, 0.3) is 0 Å². The van der Waals surface area contributed by atoms with Gasteiger partial charge in [0.15, 0.2) is 11.0 Å². The minimum Gasteiger partial charge on any atom is -0.345 e. The Morgan fingerprint density at radius 1 is 1.03 bits per heavy atom. The summed E-state index contributed by atoms with van der Waals surface area (Å²) in [5, 5.41) is 14.9. The summed E-state index contributed by atoms with van der Waals surface area (Å²) in [4.78, 5) is 24.8. The molecule has 3 rings (SSSR count). The van der Waals surface area contributed by atoms with E-state index in [0.717, 1.165) is 22.4 Å². The largest absolute Gasteiger partial charge is 0.345 e. The van der Waals surface area contributed by atoms with Gasteiger partial charge in [-0.1, -0.05) is 47.7 Å². The van der Waals surface area contributed by atoms with Crippen molar-refractivity contribution in [1.29, 1.82) is 0 Å². The van der Waals surface area contributed by atoms with E-state index in [1.54, 1.807) is 6.07 Å². The molecule has 2 N–H and O–H groups in total. The van der Waals surface area contributed by atoms with Crippen LogP contribution in [0, 0.1) is 20.8 Å². The van der Waals surface area contributed by atoms with E-state index in [1.807, 2.05) is 68.7 Å². The predicted octanol–water partition coefficient (Wildman–Crippen LogP) is 3.88. The first kappa shape index (κ1) is 22.6. The molecule has 31 heavy (non-hydrogen) atoms. The molecule has 0 saturated carbocycles. The summed E-state index contributed by atoms with van der Waals surface area (Å²) >= 11 is 1.33. The quantitative estimate of drug-likeness (QED) is 0.522. The highest BCUT2D eigenvalue weighted by Gasteiger charge is 2.15. The van der Waals surface area contributed by atoms with Gasteiger partial charge in [0, 0.05) is 17.8 Å². The minimum atomic E-state index is -0.147. The highest BCUT2D eigenvalue weighted by Crippen LogP contribution is 2.20. The van der Waals surface area contributed by atoms with Crippen LogP contribution in [-0.4, -0.2) is 32.3 Å². The van der Waals surface area contributed by atoms with E-state index < -0.39 is 0 Å². The van der Waals surface area contributed by atoms with Gasteiger partial charge in [-0.2, -0.15) is 0 Å². The van der Waals surface area contributed by atoms with E-state index in [1.165, 1.54) is 11.8 Å². The SMILES string of the molecule is CCn1c(CNC(=O)c2ccccc2C)nnc1SCC(=O)Nc1ccc(C)cc1C. The van der Waals surface area contributed by atoms with Crippen LogP contribution in [0.5, 0.6) is 0 Å². The third-order valence-corrected chi connectivity index (χ3v) is 5.86. The molecular weight excluding hydrogens is 410 g/mol. The molecule has 0 bridgehead atoms. The second kappa shape index (κ2) is 10.3. The maximum atomic E-state index is 12.5. The van der Waals surface area contributed by atoms with Crippen molar-refractivity contribution in [3.63, 3.8) is 0 Å². The van der Waals surface area contributed by atoms with E-state index in [0.29, 0.717) is 23.1 Å². The highest BCUT2D eigenvalue weighted by atomic mass is 32.2. The van der Waals surface area contributed by atoms with E-state index in [4.69, 9.17) is 0 Å². The first-order valence-electron chi connectivity index (χ1n) is 10.1. The lowest BCUT2D eigenvalue weighted by Gasteiger charge is -2.10. The second-order valence-corrected chi connectivity index (χ2v) is 8.24. The molecule has 2 aromatic carbocycles. The molecule has 1 heterocycles. The average Bonchev–Trinajstić information content (AvgIpc) is 3.14. The van der Waals surface area contributed by atoms with Crippen LogP contribution < -0.4 is 10.6 Å². The Hall–Kier alpha value is -3.13. The van der Waals surface area contributed by atoms with E-state index in [9.17, 15) is 9.59 Å².